The summed E-state index contributed by atoms with van der Waals surface area (Å²) in [4.78, 5) is 2.31. The van der Waals surface area contributed by atoms with E-state index in [0.717, 1.165) is 31.5 Å². The van der Waals surface area contributed by atoms with Gasteiger partial charge in [0.05, 0.1) is 16.1 Å². The molecule has 1 aliphatic rings. The lowest BCUT2D eigenvalue weighted by Crippen LogP contribution is -2.40. The first-order valence-corrected chi connectivity index (χ1v) is 9.39. The fraction of sp³-hybridized carbons (Fsp3) is 0.333. The van der Waals surface area contributed by atoms with Crippen LogP contribution in [0.4, 0.5) is 0 Å². The molecule has 0 saturated heterocycles. The van der Waals surface area contributed by atoms with Gasteiger partial charge in [0.15, 0.2) is 0 Å². The molecule has 0 saturated carbocycles. The molecule has 0 aliphatic carbocycles. The lowest BCUT2D eigenvalue weighted by molar-refractivity contribution is 0.0623. The summed E-state index contributed by atoms with van der Waals surface area (Å²) >= 11 is 12.0. The van der Waals surface area contributed by atoms with Crippen molar-refractivity contribution >= 4 is 35.6 Å². The molecule has 0 radical (unpaired) electrons. The summed E-state index contributed by atoms with van der Waals surface area (Å²) < 4.78 is 0. The van der Waals surface area contributed by atoms with Crippen LogP contribution in [-0.2, 0) is 6.42 Å². The fourth-order valence-electron chi connectivity index (χ4n) is 3.29. The van der Waals surface area contributed by atoms with Gasteiger partial charge in [0, 0.05) is 19.1 Å². The van der Waals surface area contributed by atoms with E-state index in [4.69, 9.17) is 23.2 Å². The monoisotopic (exact) mass is 411 g/mol. The maximum atomic E-state index is 10.7. The molecular weight excluding hydrogens is 389 g/mol. The van der Waals surface area contributed by atoms with Crippen LogP contribution in [-0.4, -0.2) is 29.1 Å². The van der Waals surface area contributed by atoms with Crippen molar-refractivity contribution < 1.29 is 5.11 Å². The van der Waals surface area contributed by atoms with E-state index in [0.29, 0.717) is 10.0 Å². The highest BCUT2D eigenvalue weighted by Crippen LogP contribution is 2.29. The van der Waals surface area contributed by atoms with Crippen molar-refractivity contribution in [2.45, 2.75) is 31.9 Å². The van der Waals surface area contributed by atoms with E-state index < -0.39 is 6.10 Å². The second-order valence-corrected chi connectivity index (χ2v) is 7.44. The zero-order valence-electron chi connectivity index (χ0n) is 14.7. The van der Waals surface area contributed by atoms with Crippen LogP contribution in [0.1, 0.15) is 30.6 Å². The third-order valence-electron chi connectivity index (χ3n) is 4.93. The first-order valence-electron chi connectivity index (χ1n) is 8.63. The minimum atomic E-state index is -0.584. The predicted octanol–water partition coefficient (Wildman–Crippen LogP) is 5.71. The summed E-state index contributed by atoms with van der Waals surface area (Å²) in [7, 11) is 0. The summed E-state index contributed by atoms with van der Waals surface area (Å²) in [5.41, 5.74) is 3.63. The molecule has 0 aromatic heterocycles. The first-order chi connectivity index (χ1) is 12.0. The summed E-state index contributed by atoms with van der Waals surface area (Å²) in [6.07, 6.45) is 3.76. The second kappa shape index (κ2) is 9.77. The number of aliphatic hydroxyl groups is 1. The molecule has 0 bridgehead atoms. The number of aliphatic hydroxyl groups excluding tert-OH is 1. The molecule has 0 spiro atoms. The molecule has 0 fully saturated rings. The average Bonchev–Trinajstić information content (AvgIpc) is 2.64. The lowest BCUT2D eigenvalue weighted by atomic mass is 9.96. The molecule has 140 valence electrons. The number of hydrogen-bond acceptors (Lipinski definition) is 2. The van der Waals surface area contributed by atoms with Crippen LogP contribution in [0, 0.1) is 0 Å². The Bertz CT molecular complexity index is 748. The Morgan fingerprint density at radius 1 is 1.08 bits per heavy atom. The van der Waals surface area contributed by atoms with Gasteiger partial charge in [0.2, 0.25) is 0 Å². The number of benzene rings is 2. The maximum absolute atomic E-state index is 10.7. The number of nitrogens with zero attached hydrogens (tertiary/aromatic N) is 1. The SMILES string of the molecule is C[C@@H]([C@H](O)c1ccc(Cl)c(Cl)c1)N1CC=C(Cc2ccccc2)CC1.Cl. The van der Waals surface area contributed by atoms with Gasteiger partial charge in [0.1, 0.15) is 0 Å². The minimum Gasteiger partial charge on any atom is -0.387 e. The number of rotatable bonds is 5. The van der Waals surface area contributed by atoms with Crippen LogP contribution in [0.2, 0.25) is 10.0 Å². The zero-order valence-corrected chi connectivity index (χ0v) is 17.1. The summed E-state index contributed by atoms with van der Waals surface area (Å²) in [6.45, 7) is 3.88. The third kappa shape index (κ3) is 5.25. The average molecular weight is 413 g/mol. The largest absolute Gasteiger partial charge is 0.387 e. The van der Waals surface area contributed by atoms with Crippen molar-refractivity contribution in [2.24, 2.45) is 0 Å². The van der Waals surface area contributed by atoms with Gasteiger partial charge in [-0.05, 0) is 43.0 Å². The van der Waals surface area contributed by atoms with Gasteiger partial charge in [0.25, 0.3) is 0 Å². The van der Waals surface area contributed by atoms with E-state index in [-0.39, 0.29) is 18.4 Å². The zero-order chi connectivity index (χ0) is 17.8. The van der Waals surface area contributed by atoms with Crippen molar-refractivity contribution in [3.63, 3.8) is 0 Å². The van der Waals surface area contributed by atoms with E-state index in [1.807, 2.05) is 12.1 Å². The summed E-state index contributed by atoms with van der Waals surface area (Å²) in [6, 6.07) is 15.9. The Morgan fingerprint density at radius 2 is 1.81 bits per heavy atom. The highest BCUT2D eigenvalue weighted by atomic mass is 35.5. The summed E-state index contributed by atoms with van der Waals surface area (Å²) in [5, 5.41) is 11.7. The van der Waals surface area contributed by atoms with Crippen LogP contribution in [0.3, 0.4) is 0 Å². The van der Waals surface area contributed by atoms with E-state index >= 15 is 0 Å². The Kier molecular flexibility index (Phi) is 8.00. The topological polar surface area (TPSA) is 23.5 Å². The molecular formula is C21H24Cl3NO. The first kappa shape index (κ1) is 21.3. The molecule has 1 heterocycles. The van der Waals surface area contributed by atoms with Gasteiger partial charge < -0.3 is 5.11 Å². The quantitative estimate of drug-likeness (QED) is 0.636. The van der Waals surface area contributed by atoms with E-state index in [9.17, 15) is 5.11 Å². The van der Waals surface area contributed by atoms with E-state index in [1.54, 1.807) is 12.1 Å². The van der Waals surface area contributed by atoms with Crippen LogP contribution in [0.25, 0.3) is 0 Å². The van der Waals surface area contributed by atoms with Crippen LogP contribution in [0.5, 0.6) is 0 Å². The molecule has 0 amide bonds. The number of halogens is 3. The van der Waals surface area contributed by atoms with Crippen LogP contribution in [0.15, 0.2) is 60.2 Å². The van der Waals surface area contributed by atoms with Gasteiger partial charge in [-0.15, -0.1) is 12.4 Å². The van der Waals surface area contributed by atoms with Crippen molar-refractivity contribution in [3.8, 4) is 0 Å². The minimum absolute atomic E-state index is 0. The third-order valence-corrected chi connectivity index (χ3v) is 5.67. The Hall–Kier alpha value is -1.03. The van der Waals surface area contributed by atoms with Gasteiger partial charge in [-0.3, -0.25) is 4.90 Å². The Morgan fingerprint density at radius 3 is 2.42 bits per heavy atom. The van der Waals surface area contributed by atoms with E-state index in [1.165, 1.54) is 11.1 Å². The molecule has 5 heteroatoms. The van der Waals surface area contributed by atoms with Gasteiger partial charge in [-0.25, -0.2) is 0 Å². The molecule has 1 N–H and O–H groups in total. The number of hydrogen-bond donors (Lipinski definition) is 1. The standard InChI is InChI=1S/C21H23Cl2NO.ClH/c1-15(21(25)18-7-8-19(22)20(23)14-18)24-11-9-17(10-12-24)13-16-5-3-2-4-6-16;/h2-9,14-15,21,25H,10-13H2,1H3;1H/t15-,21-;/m0./s1. The second-order valence-electron chi connectivity index (χ2n) is 6.63. The molecule has 26 heavy (non-hydrogen) atoms. The van der Waals surface area contributed by atoms with Crippen molar-refractivity contribution in [1.29, 1.82) is 0 Å². The normalized spacial score (nSPS) is 17.2. The predicted molar refractivity (Wildman–Crippen MR) is 113 cm³/mol. The van der Waals surface area contributed by atoms with Gasteiger partial charge in [-0.1, -0.05) is 71.2 Å². The van der Waals surface area contributed by atoms with Gasteiger partial charge in [-0.2, -0.15) is 0 Å². The molecule has 2 atom stereocenters. The summed E-state index contributed by atoms with van der Waals surface area (Å²) in [5.74, 6) is 0. The smallest absolute Gasteiger partial charge is 0.0943 e. The maximum Gasteiger partial charge on any atom is 0.0943 e. The Labute approximate surface area is 171 Å². The molecule has 0 unspecified atom stereocenters. The van der Waals surface area contributed by atoms with Crippen molar-refractivity contribution in [2.75, 3.05) is 13.1 Å². The van der Waals surface area contributed by atoms with Gasteiger partial charge >= 0.3 is 0 Å². The highest BCUT2D eigenvalue weighted by Gasteiger charge is 2.25. The molecule has 2 aromatic carbocycles. The van der Waals surface area contributed by atoms with Crippen LogP contribution >= 0.6 is 35.6 Å². The fourth-order valence-corrected chi connectivity index (χ4v) is 3.60. The highest BCUT2D eigenvalue weighted by molar-refractivity contribution is 6.42. The molecule has 2 nitrogen and oxygen atoms in total. The molecule has 3 rings (SSSR count). The van der Waals surface area contributed by atoms with E-state index in [2.05, 4.69) is 42.2 Å². The van der Waals surface area contributed by atoms with Crippen molar-refractivity contribution in [1.82, 2.24) is 4.90 Å². The molecule has 2 aromatic rings. The van der Waals surface area contributed by atoms with Crippen LogP contribution < -0.4 is 0 Å². The molecule has 1 aliphatic heterocycles. The van der Waals surface area contributed by atoms with Crippen molar-refractivity contribution in [3.05, 3.63) is 81.4 Å². The Balaban J connectivity index is 0.00000243. The lowest BCUT2D eigenvalue weighted by Gasteiger charge is -2.34.